The lowest BCUT2D eigenvalue weighted by atomic mass is 10.1. The monoisotopic (exact) mass is 511 g/mol. The lowest BCUT2D eigenvalue weighted by Gasteiger charge is -2.34. The summed E-state index contributed by atoms with van der Waals surface area (Å²) in [5.41, 5.74) is 1.94. The third-order valence-corrected chi connectivity index (χ3v) is 7.95. The van der Waals surface area contributed by atoms with Gasteiger partial charge in [-0.05, 0) is 61.6 Å². The topological polar surface area (TPSA) is 98.4 Å². The van der Waals surface area contributed by atoms with Crippen molar-refractivity contribution in [3.05, 3.63) is 77.9 Å². The second-order valence-corrected chi connectivity index (χ2v) is 10.6. The number of carbonyl (C=O) groups excluding carboxylic acids is 1. The molecule has 186 valence electrons. The molecule has 11 heteroatoms. The normalized spacial score (nSPS) is 14.8. The number of fused-ring (bicyclic) bond motifs is 1. The molecular formula is C25H23F2N5O3S. The zero-order chi connectivity index (χ0) is 25.4. The molecule has 8 nitrogen and oxygen atoms in total. The average Bonchev–Trinajstić information content (AvgIpc) is 3.26. The van der Waals surface area contributed by atoms with E-state index in [1.807, 2.05) is 12.1 Å². The Kier molecular flexibility index (Phi) is 6.19. The second-order valence-electron chi connectivity index (χ2n) is 8.68. The van der Waals surface area contributed by atoms with Gasteiger partial charge >= 0.3 is 0 Å². The van der Waals surface area contributed by atoms with E-state index in [-0.39, 0.29) is 10.7 Å². The Labute approximate surface area is 206 Å². The number of sulfone groups is 1. The first-order chi connectivity index (χ1) is 17.2. The third kappa shape index (κ3) is 4.67. The Balaban J connectivity index is 1.38. The summed E-state index contributed by atoms with van der Waals surface area (Å²) in [4.78, 5) is 16.7. The summed E-state index contributed by atoms with van der Waals surface area (Å²) < 4.78 is 53.2. The number of H-pyrrole nitrogens is 1. The number of aromatic nitrogens is 2. The first-order valence-electron chi connectivity index (χ1n) is 11.2. The second kappa shape index (κ2) is 9.32. The Bertz CT molecular complexity index is 1530. The summed E-state index contributed by atoms with van der Waals surface area (Å²) in [6, 6.07) is 13.5. The van der Waals surface area contributed by atoms with Crippen molar-refractivity contribution in [1.82, 2.24) is 15.1 Å². The van der Waals surface area contributed by atoms with Gasteiger partial charge in [0.15, 0.2) is 5.82 Å². The molecular weight excluding hydrogens is 488 g/mol. The van der Waals surface area contributed by atoms with Crippen molar-refractivity contribution in [3.8, 4) is 0 Å². The van der Waals surface area contributed by atoms with Gasteiger partial charge in [0, 0.05) is 48.9 Å². The van der Waals surface area contributed by atoms with Crippen molar-refractivity contribution in [2.45, 2.75) is 9.79 Å². The third-order valence-electron chi connectivity index (χ3n) is 6.22. The maximum Gasteiger partial charge on any atom is 0.256 e. The van der Waals surface area contributed by atoms with Crippen molar-refractivity contribution in [2.24, 2.45) is 0 Å². The quantitative estimate of drug-likeness (QED) is 0.424. The van der Waals surface area contributed by atoms with Gasteiger partial charge in [-0.15, -0.1) is 0 Å². The summed E-state index contributed by atoms with van der Waals surface area (Å²) in [7, 11) is -2.13. The summed E-state index contributed by atoms with van der Waals surface area (Å²) in [6.45, 7) is 3.77. The number of nitrogens with zero attached hydrogens (tertiary/aromatic N) is 3. The minimum absolute atomic E-state index is 0.139. The highest BCUT2D eigenvalue weighted by Gasteiger charge is 2.22. The molecule has 1 aliphatic rings. The average molecular weight is 512 g/mol. The molecule has 0 bridgehead atoms. The number of piperazine rings is 1. The predicted molar refractivity (Wildman–Crippen MR) is 132 cm³/mol. The minimum Gasteiger partial charge on any atom is -0.369 e. The number of hydrogen-bond donors (Lipinski definition) is 2. The van der Waals surface area contributed by atoms with Gasteiger partial charge in [-0.3, -0.25) is 9.89 Å². The number of hydrogen-bond acceptors (Lipinski definition) is 6. The number of likely N-dealkylation sites (N-methyl/N-ethyl adjacent to an activating group) is 1. The first-order valence-corrected chi connectivity index (χ1v) is 12.7. The molecule has 0 unspecified atom stereocenters. The molecule has 1 aliphatic heterocycles. The fourth-order valence-corrected chi connectivity index (χ4v) is 5.47. The number of nitrogens with one attached hydrogen (secondary N) is 2. The Morgan fingerprint density at radius 2 is 1.58 bits per heavy atom. The van der Waals surface area contributed by atoms with Gasteiger partial charge in [-0.1, -0.05) is 0 Å². The number of aromatic amines is 1. The molecule has 3 aromatic carbocycles. The van der Waals surface area contributed by atoms with Crippen LogP contribution in [0.1, 0.15) is 10.4 Å². The van der Waals surface area contributed by atoms with Crippen LogP contribution in [-0.4, -0.2) is 62.6 Å². The summed E-state index contributed by atoms with van der Waals surface area (Å²) >= 11 is 0. The minimum atomic E-state index is -4.21. The van der Waals surface area contributed by atoms with E-state index in [9.17, 15) is 22.0 Å². The van der Waals surface area contributed by atoms with E-state index in [2.05, 4.69) is 32.4 Å². The lowest BCUT2D eigenvalue weighted by molar-refractivity contribution is 0.102. The standard InChI is InChI=1S/C25H23F2N5O3S/c1-31-8-10-32(11-9-31)19-4-2-16(3-5-19)25(33)28-24-22-15-20(6-7-23(22)29-30-24)36(34,35)21-13-17(26)12-18(27)14-21/h2-7,12-15H,8-11H2,1H3,(H2,28,29,30,33). The molecule has 2 N–H and O–H groups in total. The fourth-order valence-electron chi connectivity index (χ4n) is 4.14. The van der Waals surface area contributed by atoms with Crippen LogP contribution in [0.5, 0.6) is 0 Å². The van der Waals surface area contributed by atoms with Crippen LogP contribution in [0.4, 0.5) is 20.3 Å². The number of carbonyl (C=O) groups is 1. The molecule has 0 atom stereocenters. The highest BCUT2D eigenvalue weighted by atomic mass is 32.2. The van der Waals surface area contributed by atoms with Crippen molar-refractivity contribution in [3.63, 3.8) is 0 Å². The van der Waals surface area contributed by atoms with Crippen LogP contribution >= 0.6 is 0 Å². The Hall–Kier alpha value is -3.83. The van der Waals surface area contributed by atoms with E-state index >= 15 is 0 Å². The number of amides is 1. The first kappa shape index (κ1) is 23.9. The van der Waals surface area contributed by atoms with Crippen LogP contribution in [0.2, 0.25) is 0 Å². The van der Waals surface area contributed by atoms with E-state index in [4.69, 9.17) is 0 Å². The van der Waals surface area contributed by atoms with Crippen molar-refractivity contribution >= 4 is 38.2 Å². The highest BCUT2D eigenvalue weighted by Crippen LogP contribution is 2.29. The molecule has 1 fully saturated rings. The molecule has 4 aromatic rings. The number of rotatable bonds is 5. The van der Waals surface area contributed by atoms with Gasteiger partial charge in [-0.2, -0.15) is 5.10 Å². The SMILES string of the molecule is CN1CCN(c2ccc(C(=O)Nc3n[nH]c4ccc(S(=O)(=O)c5cc(F)cc(F)c5)cc34)cc2)CC1. The molecule has 1 saturated heterocycles. The van der Waals surface area contributed by atoms with Crippen LogP contribution in [0.15, 0.2) is 70.5 Å². The number of halogens is 2. The molecule has 0 saturated carbocycles. The number of benzene rings is 3. The van der Waals surface area contributed by atoms with Crippen molar-refractivity contribution < 1.29 is 22.0 Å². The van der Waals surface area contributed by atoms with Gasteiger partial charge in [-0.25, -0.2) is 17.2 Å². The van der Waals surface area contributed by atoms with Crippen LogP contribution in [0.3, 0.4) is 0 Å². The fraction of sp³-hybridized carbons (Fsp3) is 0.200. The maximum atomic E-state index is 13.6. The zero-order valence-corrected chi connectivity index (χ0v) is 20.1. The number of anilines is 2. The molecule has 5 rings (SSSR count). The van der Waals surface area contributed by atoms with Crippen LogP contribution < -0.4 is 10.2 Å². The van der Waals surface area contributed by atoms with Crippen LogP contribution in [-0.2, 0) is 9.84 Å². The zero-order valence-electron chi connectivity index (χ0n) is 19.3. The van der Waals surface area contributed by atoms with Gasteiger partial charge in [0.1, 0.15) is 11.6 Å². The largest absolute Gasteiger partial charge is 0.369 e. The van der Waals surface area contributed by atoms with Crippen molar-refractivity contribution in [1.29, 1.82) is 0 Å². The lowest BCUT2D eigenvalue weighted by Crippen LogP contribution is -2.44. The van der Waals surface area contributed by atoms with Crippen LogP contribution in [0.25, 0.3) is 10.9 Å². The molecule has 1 amide bonds. The molecule has 2 heterocycles. The van der Waals surface area contributed by atoms with E-state index in [1.54, 1.807) is 12.1 Å². The van der Waals surface area contributed by atoms with Gasteiger partial charge < -0.3 is 15.1 Å². The van der Waals surface area contributed by atoms with Gasteiger partial charge in [0.05, 0.1) is 15.3 Å². The van der Waals surface area contributed by atoms with E-state index in [0.717, 1.165) is 44.0 Å². The molecule has 0 aliphatic carbocycles. The Morgan fingerprint density at radius 3 is 2.25 bits per heavy atom. The van der Waals surface area contributed by atoms with Gasteiger partial charge in [0.2, 0.25) is 9.84 Å². The molecule has 36 heavy (non-hydrogen) atoms. The maximum absolute atomic E-state index is 13.6. The summed E-state index contributed by atoms with van der Waals surface area (Å²) in [6.07, 6.45) is 0. The highest BCUT2D eigenvalue weighted by molar-refractivity contribution is 7.91. The summed E-state index contributed by atoms with van der Waals surface area (Å²) in [5, 5.41) is 9.89. The van der Waals surface area contributed by atoms with Crippen molar-refractivity contribution in [2.75, 3.05) is 43.4 Å². The predicted octanol–water partition coefficient (Wildman–Crippen LogP) is 3.68. The van der Waals surface area contributed by atoms with E-state index < -0.39 is 32.3 Å². The Morgan fingerprint density at radius 1 is 0.917 bits per heavy atom. The molecule has 1 aromatic heterocycles. The van der Waals surface area contributed by atoms with Gasteiger partial charge in [0.25, 0.3) is 5.91 Å². The van der Waals surface area contributed by atoms with E-state index in [0.29, 0.717) is 22.5 Å². The van der Waals surface area contributed by atoms with Crippen LogP contribution in [0, 0.1) is 11.6 Å². The summed E-state index contributed by atoms with van der Waals surface area (Å²) in [5.74, 6) is -2.26. The molecule has 0 radical (unpaired) electrons. The van der Waals surface area contributed by atoms with E-state index in [1.165, 1.54) is 18.2 Å². The molecule has 0 spiro atoms. The smallest absolute Gasteiger partial charge is 0.256 e.